The highest BCUT2D eigenvalue weighted by atomic mass is 16.8. The number of hydrogen-bond acceptors (Lipinski definition) is 3. The molecule has 3 heteroatoms. The van der Waals surface area contributed by atoms with Crippen molar-refractivity contribution in [1.82, 2.24) is 4.90 Å². The molecule has 0 aromatic rings. The van der Waals surface area contributed by atoms with Gasteiger partial charge in [0.05, 0.1) is 12.2 Å². The lowest BCUT2D eigenvalue weighted by Crippen LogP contribution is -2.43. The van der Waals surface area contributed by atoms with Gasteiger partial charge in [0, 0.05) is 25.9 Å². The highest BCUT2D eigenvalue weighted by molar-refractivity contribution is 4.91. The van der Waals surface area contributed by atoms with Gasteiger partial charge in [-0.25, -0.2) is 0 Å². The molecule has 0 saturated carbocycles. The molecule has 0 aromatic carbocycles. The van der Waals surface area contributed by atoms with Gasteiger partial charge in [0.15, 0.2) is 5.79 Å². The number of nitrogens with zero attached hydrogens (tertiary/aromatic N) is 1. The second kappa shape index (κ2) is 25.7. The Morgan fingerprint density at radius 3 is 1.36 bits per heavy atom. The van der Waals surface area contributed by atoms with Gasteiger partial charge in [-0.1, -0.05) is 128 Å². The molecular formula is C39H73NO2. The summed E-state index contributed by atoms with van der Waals surface area (Å²) in [6.45, 7) is 6.75. The average Bonchev–Trinajstić information content (AvgIpc) is 3.35. The Hall–Kier alpha value is -0.640. The fraction of sp³-hybridized carbons (Fsp3) is 0.897. The van der Waals surface area contributed by atoms with E-state index in [9.17, 15) is 0 Å². The van der Waals surface area contributed by atoms with E-state index in [1.807, 2.05) is 0 Å². The number of fused-ring (bicyclic) bond motifs is 1. The van der Waals surface area contributed by atoms with E-state index in [4.69, 9.17) is 9.47 Å². The van der Waals surface area contributed by atoms with Crippen molar-refractivity contribution in [2.75, 3.05) is 20.1 Å². The highest BCUT2D eigenvalue weighted by Gasteiger charge is 2.48. The van der Waals surface area contributed by atoms with Gasteiger partial charge in [0.1, 0.15) is 0 Å². The van der Waals surface area contributed by atoms with Crippen LogP contribution in [0.2, 0.25) is 0 Å². The number of piperidine rings is 1. The van der Waals surface area contributed by atoms with E-state index in [0.717, 1.165) is 32.4 Å². The maximum Gasteiger partial charge on any atom is 0.169 e. The molecule has 0 aliphatic carbocycles. The van der Waals surface area contributed by atoms with E-state index < -0.39 is 0 Å². The van der Waals surface area contributed by atoms with Gasteiger partial charge < -0.3 is 14.4 Å². The normalized spacial score (nSPS) is 20.7. The largest absolute Gasteiger partial charge is 0.344 e. The lowest BCUT2D eigenvalue weighted by molar-refractivity contribution is -0.185. The van der Waals surface area contributed by atoms with E-state index >= 15 is 0 Å². The molecule has 0 N–H and O–H groups in total. The van der Waals surface area contributed by atoms with Crippen molar-refractivity contribution in [2.45, 2.75) is 205 Å². The second-order valence-corrected chi connectivity index (χ2v) is 13.7. The van der Waals surface area contributed by atoms with Crippen LogP contribution < -0.4 is 0 Å². The van der Waals surface area contributed by atoms with Crippen molar-refractivity contribution in [3.05, 3.63) is 24.3 Å². The number of allylic oxidation sites excluding steroid dienone is 4. The third-order valence-corrected chi connectivity index (χ3v) is 9.57. The zero-order chi connectivity index (χ0) is 30.0. The standard InChI is InChI=1S/C39H73NO2/c1-4-6-8-10-12-14-16-18-20-22-24-26-28-30-33-39(41-37-32-35-40(3)36-38(37)42-39)34-31-29-27-25-23-21-19-17-15-13-11-9-7-5-2/h14-17,37-38H,4-13,18-36H2,1-3H3/b16-14-,17-15-/t37?,38-/m0/s1. The van der Waals surface area contributed by atoms with Crippen molar-refractivity contribution in [2.24, 2.45) is 0 Å². The van der Waals surface area contributed by atoms with E-state index in [2.05, 4.69) is 50.1 Å². The molecule has 0 radical (unpaired) electrons. The monoisotopic (exact) mass is 588 g/mol. The summed E-state index contributed by atoms with van der Waals surface area (Å²) in [5.74, 6) is -0.301. The number of hydrogen-bond donors (Lipinski definition) is 0. The fourth-order valence-electron chi connectivity index (χ4n) is 6.81. The minimum atomic E-state index is -0.301. The van der Waals surface area contributed by atoms with Crippen LogP contribution in [0.15, 0.2) is 24.3 Å². The van der Waals surface area contributed by atoms with E-state index in [1.54, 1.807) is 0 Å². The topological polar surface area (TPSA) is 21.7 Å². The molecule has 246 valence electrons. The molecule has 2 saturated heterocycles. The molecule has 42 heavy (non-hydrogen) atoms. The lowest BCUT2D eigenvalue weighted by atomic mass is 9.98. The summed E-state index contributed by atoms with van der Waals surface area (Å²) in [4.78, 5) is 2.42. The van der Waals surface area contributed by atoms with Gasteiger partial charge in [-0.15, -0.1) is 0 Å². The molecule has 0 bridgehead atoms. The lowest BCUT2D eigenvalue weighted by Gasteiger charge is -2.29. The highest BCUT2D eigenvalue weighted by Crippen LogP contribution is 2.40. The Morgan fingerprint density at radius 1 is 0.524 bits per heavy atom. The minimum absolute atomic E-state index is 0.281. The SMILES string of the molecule is CCCCCC/C=C\CCCCCCCCC1(CCCCCCCC/C=C\CCCCCC)OC2CCN(C)C[C@@H]2O1. The van der Waals surface area contributed by atoms with Crippen LogP contribution in [0.3, 0.4) is 0 Å². The maximum absolute atomic E-state index is 6.77. The number of likely N-dealkylation sites (tertiary alicyclic amines) is 1. The third kappa shape index (κ3) is 18.2. The van der Waals surface area contributed by atoms with Crippen LogP contribution in [0.1, 0.15) is 187 Å². The van der Waals surface area contributed by atoms with Crippen LogP contribution in [0, 0.1) is 0 Å². The molecule has 2 aliphatic rings. The first-order valence-corrected chi connectivity index (χ1v) is 19.0. The molecular weight excluding hydrogens is 514 g/mol. The zero-order valence-corrected chi connectivity index (χ0v) is 28.7. The molecule has 0 amide bonds. The number of rotatable bonds is 28. The quantitative estimate of drug-likeness (QED) is 0.0671. The summed E-state index contributed by atoms with van der Waals surface area (Å²) in [6, 6.07) is 0. The summed E-state index contributed by atoms with van der Waals surface area (Å²) < 4.78 is 13.5. The van der Waals surface area contributed by atoms with Crippen LogP contribution in [-0.4, -0.2) is 43.0 Å². The molecule has 0 spiro atoms. The van der Waals surface area contributed by atoms with E-state index in [1.165, 1.54) is 154 Å². The smallest absolute Gasteiger partial charge is 0.169 e. The van der Waals surface area contributed by atoms with Crippen molar-refractivity contribution < 1.29 is 9.47 Å². The van der Waals surface area contributed by atoms with Gasteiger partial charge >= 0.3 is 0 Å². The summed E-state index contributed by atoms with van der Waals surface area (Å²) in [5.41, 5.74) is 0. The molecule has 2 aliphatic heterocycles. The minimum Gasteiger partial charge on any atom is -0.344 e. The van der Waals surface area contributed by atoms with E-state index in [0.29, 0.717) is 6.10 Å². The Balaban J connectivity index is 1.54. The first-order chi connectivity index (χ1) is 20.7. The van der Waals surface area contributed by atoms with Crippen LogP contribution in [0.5, 0.6) is 0 Å². The molecule has 3 nitrogen and oxygen atoms in total. The Labute approximate surface area is 263 Å². The van der Waals surface area contributed by atoms with Crippen LogP contribution >= 0.6 is 0 Å². The maximum atomic E-state index is 6.77. The Bertz CT molecular complexity index is 621. The Kier molecular flexibility index (Phi) is 22.9. The molecule has 2 atom stereocenters. The first kappa shape index (κ1) is 37.5. The Morgan fingerprint density at radius 2 is 0.905 bits per heavy atom. The summed E-state index contributed by atoms with van der Waals surface area (Å²) >= 11 is 0. The predicted octanol–water partition coefficient (Wildman–Crippen LogP) is 12.1. The van der Waals surface area contributed by atoms with Crippen molar-refractivity contribution in [3.8, 4) is 0 Å². The first-order valence-electron chi connectivity index (χ1n) is 19.0. The molecule has 2 heterocycles. The van der Waals surface area contributed by atoms with Gasteiger partial charge in [0.25, 0.3) is 0 Å². The van der Waals surface area contributed by atoms with Crippen molar-refractivity contribution in [3.63, 3.8) is 0 Å². The van der Waals surface area contributed by atoms with Crippen LogP contribution in [0.4, 0.5) is 0 Å². The average molecular weight is 588 g/mol. The fourth-order valence-corrected chi connectivity index (χ4v) is 6.81. The second-order valence-electron chi connectivity index (χ2n) is 13.7. The molecule has 1 unspecified atom stereocenters. The summed E-state index contributed by atoms with van der Waals surface area (Å²) in [7, 11) is 2.23. The molecule has 0 aromatic heterocycles. The van der Waals surface area contributed by atoms with Crippen LogP contribution in [0.25, 0.3) is 0 Å². The van der Waals surface area contributed by atoms with Gasteiger partial charge in [-0.3, -0.25) is 0 Å². The number of unbranched alkanes of at least 4 members (excludes halogenated alkanes) is 20. The van der Waals surface area contributed by atoms with Gasteiger partial charge in [-0.05, 0) is 77.7 Å². The van der Waals surface area contributed by atoms with Crippen molar-refractivity contribution >= 4 is 0 Å². The molecule has 2 rings (SSSR count). The molecule has 2 fully saturated rings. The zero-order valence-electron chi connectivity index (χ0n) is 28.7. The number of ether oxygens (including phenoxy) is 2. The summed E-state index contributed by atoms with van der Waals surface area (Å²) in [5, 5.41) is 0. The van der Waals surface area contributed by atoms with Crippen molar-refractivity contribution in [1.29, 1.82) is 0 Å². The van der Waals surface area contributed by atoms with E-state index in [-0.39, 0.29) is 11.9 Å². The summed E-state index contributed by atoms with van der Waals surface area (Å²) in [6.07, 6.45) is 45.8. The third-order valence-electron chi connectivity index (χ3n) is 9.57. The van der Waals surface area contributed by atoms with Crippen LogP contribution in [-0.2, 0) is 9.47 Å². The number of likely N-dealkylation sites (N-methyl/N-ethyl adjacent to an activating group) is 1. The predicted molar refractivity (Wildman–Crippen MR) is 184 cm³/mol. The van der Waals surface area contributed by atoms with Gasteiger partial charge in [0.2, 0.25) is 0 Å². The van der Waals surface area contributed by atoms with Gasteiger partial charge in [-0.2, -0.15) is 0 Å².